The SMILES string of the molecule is CCN1CCc2nc3ccccc3c(C(=O)NCCCSc3ccccc3)c2C1. The van der Waals surface area contributed by atoms with Crippen molar-refractivity contribution in [1.29, 1.82) is 0 Å². The molecule has 29 heavy (non-hydrogen) atoms. The first-order valence-corrected chi connectivity index (χ1v) is 11.3. The fraction of sp³-hybridized carbons (Fsp3) is 0.333. The van der Waals surface area contributed by atoms with Crippen LogP contribution in [0.25, 0.3) is 10.9 Å². The van der Waals surface area contributed by atoms with E-state index in [2.05, 4.69) is 41.4 Å². The third-order valence-electron chi connectivity index (χ3n) is 5.42. The molecule has 1 aliphatic rings. The van der Waals surface area contributed by atoms with Gasteiger partial charge in [0.2, 0.25) is 0 Å². The van der Waals surface area contributed by atoms with Gasteiger partial charge in [-0.05, 0) is 36.9 Å². The van der Waals surface area contributed by atoms with E-state index in [0.29, 0.717) is 6.54 Å². The number of benzene rings is 2. The molecule has 0 saturated carbocycles. The Morgan fingerprint density at radius 2 is 1.93 bits per heavy atom. The molecule has 1 amide bonds. The van der Waals surface area contributed by atoms with E-state index in [1.54, 1.807) is 0 Å². The number of fused-ring (bicyclic) bond motifs is 2. The molecule has 3 aromatic rings. The second kappa shape index (κ2) is 9.42. The average molecular weight is 406 g/mol. The van der Waals surface area contributed by atoms with E-state index in [1.807, 2.05) is 42.1 Å². The van der Waals surface area contributed by atoms with Gasteiger partial charge in [0.1, 0.15) is 0 Å². The Balaban J connectivity index is 1.47. The number of carbonyl (C=O) groups is 1. The van der Waals surface area contributed by atoms with E-state index in [9.17, 15) is 4.79 Å². The predicted molar refractivity (Wildman–Crippen MR) is 121 cm³/mol. The molecule has 2 aromatic carbocycles. The summed E-state index contributed by atoms with van der Waals surface area (Å²) in [5.41, 5.74) is 3.92. The number of para-hydroxylation sites is 1. The van der Waals surface area contributed by atoms with Crippen LogP contribution >= 0.6 is 11.8 Å². The van der Waals surface area contributed by atoms with E-state index < -0.39 is 0 Å². The molecule has 2 heterocycles. The Labute approximate surface area is 176 Å². The lowest BCUT2D eigenvalue weighted by atomic mass is 9.95. The highest BCUT2D eigenvalue weighted by molar-refractivity contribution is 7.99. The van der Waals surface area contributed by atoms with Crippen molar-refractivity contribution < 1.29 is 4.79 Å². The summed E-state index contributed by atoms with van der Waals surface area (Å²) in [5.74, 6) is 1.02. The van der Waals surface area contributed by atoms with Crippen LogP contribution in [0, 0.1) is 0 Å². The van der Waals surface area contributed by atoms with Crippen LogP contribution in [0.3, 0.4) is 0 Å². The Morgan fingerprint density at radius 3 is 2.76 bits per heavy atom. The van der Waals surface area contributed by atoms with Gasteiger partial charge in [-0.1, -0.05) is 43.3 Å². The van der Waals surface area contributed by atoms with E-state index in [4.69, 9.17) is 4.98 Å². The Morgan fingerprint density at radius 1 is 1.14 bits per heavy atom. The third-order valence-corrected chi connectivity index (χ3v) is 6.52. The Bertz CT molecular complexity index is 990. The number of carbonyl (C=O) groups excluding carboxylic acids is 1. The van der Waals surface area contributed by atoms with Crippen molar-refractivity contribution in [3.63, 3.8) is 0 Å². The summed E-state index contributed by atoms with van der Waals surface area (Å²) < 4.78 is 0. The van der Waals surface area contributed by atoms with Gasteiger partial charge in [-0.25, -0.2) is 0 Å². The Hall–Kier alpha value is -2.37. The number of amides is 1. The van der Waals surface area contributed by atoms with Crippen molar-refractivity contribution in [2.24, 2.45) is 0 Å². The van der Waals surface area contributed by atoms with Crippen molar-refractivity contribution >= 4 is 28.6 Å². The van der Waals surface area contributed by atoms with Gasteiger partial charge in [-0.3, -0.25) is 14.7 Å². The number of hydrogen-bond acceptors (Lipinski definition) is 4. The molecular weight excluding hydrogens is 378 g/mol. The summed E-state index contributed by atoms with van der Waals surface area (Å²) in [6.07, 6.45) is 1.85. The number of pyridine rings is 1. The maximum atomic E-state index is 13.2. The summed E-state index contributed by atoms with van der Waals surface area (Å²) in [5, 5.41) is 4.12. The number of nitrogens with zero attached hydrogens (tertiary/aromatic N) is 2. The number of nitrogens with one attached hydrogen (secondary N) is 1. The van der Waals surface area contributed by atoms with Gasteiger partial charge >= 0.3 is 0 Å². The lowest BCUT2D eigenvalue weighted by Crippen LogP contribution is -2.34. The molecule has 4 nitrogen and oxygen atoms in total. The molecule has 4 rings (SSSR count). The van der Waals surface area contributed by atoms with Crippen LogP contribution in [-0.2, 0) is 13.0 Å². The molecular formula is C24H27N3OS. The summed E-state index contributed by atoms with van der Waals surface area (Å²) in [6.45, 7) is 5.65. The van der Waals surface area contributed by atoms with Crippen molar-refractivity contribution in [3.8, 4) is 0 Å². The zero-order chi connectivity index (χ0) is 20.1. The molecule has 1 N–H and O–H groups in total. The summed E-state index contributed by atoms with van der Waals surface area (Å²) in [7, 11) is 0. The van der Waals surface area contributed by atoms with E-state index in [0.717, 1.165) is 66.0 Å². The standard InChI is InChI=1S/C24H27N3OS/c1-2-27-15-13-22-20(17-27)23(19-11-6-7-12-21(19)26-22)24(28)25-14-8-16-29-18-9-4-3-5-10-18/h3-7,9-12H,2,8,13-17H2,1H3,(H,25,28). The maximum Gasteiger partial charge on any atom is 0.252 e. The fourth-order valence-corrected chi connectivity index (χ4v) is 4.72. The molecule has 1 aromatic heterocycles. The van der Waals surface area contributed by atoms with Crippen LogP contribution in [-0.4, -0.2) is 41.2 Å². The average Bonchev–Trinajstić information content (AvgIpc) is 2.77. The van der Waals surface area contributed by atoms with Crippen LogP contribution in [0.5, 0.6) is 0 Å². The van der Waals surface area contributed by atoms with E-state index in [1.165, 1.54) is 4.90 Å². The minimum Gasteiger partial charge on any atom is -0.352 e. The van der Waals surface area contributed by atoms with Crippen molar-refractivity contribution in [3.05, 3.63) is 71.4 Å². The molecule has 0 bridgehead atoms. The topological polar surface area (TPSA) is 45.2 Å². The lowest BCUT2D eigenvalue weighted by Gasteiger charge is -2.29. The van der Waals surface area contributed by atoms with Crippen LogP contribution < -0.4 is 5.32 Å². The number of aromatic nitrogens is 1. The minimum absolute atomic E-state index is 0.0301. The highest BCUT2D eigenvalue weighted by atomic mass is 32.2. The predicted octanol–water partition coefficient (Wildman–Crippen LogP) is 4.53. The molecule has 150 valence electrons. The van der Waals surface area contributed by atoms with Crippen LogP contribution in [0.1, 0.15) is 35.0 Å². The van der Waals surface area contributed by atoms with Crippen LogP contribution in [0.15, 0.2) is 59.5 Å². The van der Waals surface area contributed by atoms with Gasteiger partial charge in [0.05, 0.1) is 11.1 Å². The second-order valence-corrected chi connectivity index (χ2v) is 8.49. The van der Waals surface area contributed by atoms with Crippen molar-refractivity contribution in [2.45, 2.75) is 31.2 Å². The van der Waals surface area contributed by atoms with Crippen molar-refractivity contribution in [1.82, 2.24) is 15.2 Å². The molecule has 0 fully saturated rings. The zero-order valence-electron chi connectivity index (χ0n) is 16.9. The van der Waals surface area contributed by atoms with Gasteiger partial charge in [0, 0.05) is 47.6 Å². The molecule has 0 spiro atoms. The summed E-state index contributed by atoms with van der Waals surface area (Å²) in [6, 6.07) is 18.4. The lowest BCUT2D eigenvalue weighted by molar-refractivity contribution is 0.0952. The third kappa shape index (κ3) is 4.62. The van der Waals surface area contributed by atoms with Gasteiger partial charge in [0.25, 0.3) is 5.91 Å². The number of likely N-dealkylation sites (N-methyl/N-ethyl adjacent to an activating group) is 1. The van der Waals surface area contributed by atoms with Gasteiger partial charge in [-0.15, -0.1) is 11.8 Å². The number of thioether (sulfide) groups is 1. The smallest absolute Gasteiger partial charge is 0.252 e. The minimum atomic E-state index is 0.0301. The highest BCUT2D eigenvalue weighted by Crippen LogP contribution is 2.28. The molecule has 1 aliphatic heterocycles. The fourth-order valence-electron chi connectivity index (χ4n) is 3.84. The van der Waals surface area contributed by atoms with Gasteiger partial charge < -0.3 is 5.32 Å². The first-order chi connectivity index (χ1) is 14.3. The molecule has 0 atom stereocenters. The van der Waals surface area contributed by atoms with E-state index >= 15 is 0 Å². The number of rotatable bonds is 7. The summed E-state index contributed by atoms with van der Waals surface area (Å²) >= 11 is 1.83. The first kappa shape index (κ1) is 19.9. The summed E-state index contributed by atoms with van der Waals surface area (Å²) in [4.78, 5) is 21.7. The molecule has 0 unspecified atom stereocenters. The highest BCUT2D eigenvalue weighted by Gasteiger charge is 2.24. The first-order valence-electron chi connectivity index (χ1n) is 10.3. The zero-order valence-corrected chi connectivity index (χ0v) is 17.7. The molecule has 0 aliphatic carbocycles. The van der Waals surface area contributed by atoms with Crippen LogP contribution in [0.2, 0.25) is 0 Å². The molecule has 0 saturated heterocycles. The van der Waals surface area contributed by atoms with Crippen LogP contribution in [0.4, 0.5) is 0 Å². The van der Waals surface area contributed by atoms with Gasteiger partial charge in [0.15, 0.2) is 0 Å². The molecule has 0 radical (unpaired) electrons. The second-order valence-electron chi connectivity index (χ2n) is 7.32. The van der Waals surface area contributed by atoms with E-state index in [-0.39, 0.29) is 5.91 Å². The Kier molecular flexibility index (Phi) is 6.47. The normalized spacial score (nSPS) is 14.0. The van der Waals surface area contributed by atoms with Crippen molar-refractivity contribution in [2.75, 3.05) is 25.4 Å². The molecule has 5 heteroatoms. The number of hydrogen-bond donors (Lipinski definition) is 1. The quantitative estimate of drug-likeness (QED) is 0.464. The largest absolute Gasteiger partial charge is 0.352 e. The maximum absolute atomic E-state index is 13.2. The monoisotopic (exact) mass is 405 g/mol. The van der Waals surface area contributed by atoms with Gasteiger partial charge in [-0.2, -0.15) is 0 Å².